The first-order chi connectivity index (χ1) is 11.3. The highest BCUT2D eigenvalue weighted by Crippen LogP contribution is 2.25. The topological polar surface area (TPSA) is 74.2 Å². The molecule has 2 aromatic carbocycles. The third-order valence-electron chi connectivity index (χ3n) is 3.03. The van der Waals surface area contributed by atoms with Crippen LogP contribution in [0.4, 0.5) is 5.88 Å². The molecular weight excluding hydrogens is 356 g/mol. The Morgan fingerprint density at radius 1 is 1.13 bits per heavy atom. The fraction of sp³-hybridized carbons (Fsp3) is 0. The Balaban J connectivity index is 1.82. The van der Waals surface area contributed by atoms with Crippen molar-refractivity contribution in [2.45, 2.75) is 0 Å². The van der Waals surface area contributed by atoms with E-state index in [1.807, 2.05) is 60.7 Å². The summed E-state index contributed by atoms with van der Waals surface area (Å²) in [5.41, 5.74) is 4.59. The van der Waals surface area contributed by atoms with Crippen LogP contribution in [0.15, 0.2) is 68.6 Å². The van der Waals surface area contributed by atoms with Crippen molar-refractivity contribution in [2.75, 3.05) is 5.43 Å². The second-order valence-electron chi connectivity index (χ2n) is 4.57. The van der Waals surface area contributed by atoms with Gasteiger partial charge in [-0.1, -0.05) is 52.3 Å². The number of oxazole rings is 1. The number of rotatable bonds is 4. The number of aromatic nitrogens is 1. The van der Waals surface area contributed by atoms with Crippen LogP contribution in [0.5, 0.6) is 0 Å². The van der Waals surface area contributed by atoms with E-state index in [0.29, 0.717) is 5.89 Å². The normalized spacial score (nSPS) is 10.6. The Labute approximate surface area is 141 Å². The van der Waals surface area contributed by atoms with E-state index in [9.17, 15) is 0 Å². The maximum Gasteiger partial charge on any atom is 0.252 e. The van der Waals surface area contributed by atoms with Crippen LogP contribution >= 0.6 is 15.9 Å². The Hall–Kier alpha value is -2.91. The van der Waals surface area contributed by atoms with Gasteiger partial charge in [0.05, 0.1) is 6.21 Å². The number of anilines is 1. The number of hydrazone groups is 1. The minimum atomic E-state index is 0.160. The first kappa shape index (κ1) is 15.0. The van der Waals surface area contributed by atoms with Gasteiger partial charge in [-0.05, 0) is 18.2 Å². The van der Waals surface area contributed by atoms with Gasteiger partial charge in [0.15, 0.2) is 0 Å². The highest BCUT2D eigenvalue weighted by molar-refractivity contribution is 9.10. The lowest BCUT2D eigenvalue weighted by molar-refractivity contribution is 0.587. The molecule has 3 aromatic rings. The number of hydrogen-bond donors (Lipinski definition) is 1. The molecule has 0 atom stereocenters. The molecule has 0 spiro atoms. The molecule has 6 heteroatoms. The molecule has 0 aliphatic rings. The highest BCUT2D eigenvalue weighted by atomic mass is 79.9. The van der Waals surface area contributed by atoms with Crippen LogP contribution < -0.4 is 5.43 Å². The van der Waals surface area contributed by atoms with E-state index in [2.05, 4.69) is 31.4 Å². The predicted octanol–water partition coefficient (Wildman–Crippen LogP) is 4.42. The summed E-state index contributed by atoms with van der Waals surface area (Å²) in [7, 11) is 0. The lowest BCUT2D eigenvalue weighted by Gasteiger charge is -1.97. The molecular formula is C17H11BrN4O. The smallest absolute Gasteiger partial charge is 0.252 e. The van der Waals surface area contributed by atoms with Gasteiger partial charge in [0, 0.05) is 15.6 Å². The molecule has 1 N–H and O–H groups in total. The van der Waals surface area contributed by atoms with Crippen LogP contribution in [0.25, 0.3) is 11.5 Å². The first-order valence-corrected chi connectivity index (χ1v) is 7.57. The molecule has 112 valence electrons. The van der Waals surface area contributed by atoms with E-state index >= 15 is 0 Å². The molecule has 1 heterocycles. The molecule has 23 heavy (non-hydrogen) atoms. The van der Waals surface area contributed by atoms with Gasteiger partial charge >= 0.3 is 0 Å². The average Bonchev–Trinajstić information content (AvgIpc) is 3.01. The van der Waals surface area contributed by atoms with Gasteiger partial charge in [-0.15, -0.1) is 0 Å². The van der Waals surface area contributed by atoms with Crippen LogP contribution in [0, 0.1) is 11.3 Å². The lowest BCUT2D eigenvalue weighted by Crippen LogP contribution is -1.92. The van der Waals surface area contributed by atoms with Crippen molar-refractivity contribution in [3.8, 4) is 17.5 Å². The van der Waals surface area contributed by atoms with Crippen LogP contribution in [0.1, 0.15) is 11.3 Å². The zero-order chi connectivity index (χ0) is 16.1. The fourth-order valence-electron chi connectivity index (χ4n) is 1.92. The number of nitrogens with one attached hydrogen (secondary N) is 1. The molecule has 5 nitrogen and oxygen atoms in total. The van der Waals surface area contributed by atoms with E-state index in [1.165, 1.54) is 0 Å². The van der Waals surface area contributed by atoms with Gasteiger partial charge < -0.3 is 4.42 Å². The SMILES string of the molecule is N#Cc1nc(-c2ccccc2)oc1NN=Cc1ccccc1Br. The quantitative estimate of drug-likeness (QED) is 0.547. The van der Waals surface area contributed by atoms with Crippen molar-refractivity contribution in [2.24, 2.45) is 5.10 Å². The zero-order valence-corrected chi connectivity index (χ0v) is 13.5. The van der Waals surface area contributed by atoms with Crippen LogP contribution in [-0.4, -0.2) is 11.2 Å². The van der Waals surface area contributed by atoms with Gasteiger partial charge in [-0.2, -0.15) is 15.3 Å². The van der Waals surface area contributed by atoms with Crippen molar-refractivity contribution in [1.29, 1.82) is 5.26 Å². The van der Waals surface area contributed by atoms with Crippen LogP contribution in [-0.2, 0) is 0 Å². The van der Waals surface area contributed by atoms with Gasteiger partial charge in [-0.3, -0.25) is 0 Å². The summed E-state index contributed by atoms with van der Waals surface area (Å²) >= 11 is 3.44. The summed E-state index contributed by atoms with van der Waals surface area (Å²) in [6, 6.07) is 19.0. The zero-order valence-electron chi connectivity index (χ0n) is 11.9. The van der Waals surface area contributed by atoms with Crippen molar-refractivity contribution in [1.82, 2.24) is 4.98 Å². The maximum atomic E-state index is 9.17. The Morgan fingerprint density at radius 2 is 1.87 bits per heavy atom. The summed E-state index contributed by atoms with van der Waals surface area (Å²) in [5.74, 6) is 0.593. The third-order valence-corrected chi connectivity index (χ3v) is 3.75. The van der Waals surface area contributed by atoms with Gasteiger partial charge in [-0.25, -0.2) is 5.43 Å². The molecule has 1 aromatic heterocycles. The standard InChI is InChI=1S/C17H11BrN4O/c18-14-9-5-4-8-13(14)11-20-22-17-15(10-19)21-16(23-17)12-6-2-1-3-7-12/h1-9,11,22H. The van der Waals surface area contributed by atoms with Crippen molar-refractivity contribution < 1.29 is 4.42 Å². The minimum absolute atomic E-state index is 0.160. The summed E-state index contributed by atoms with van der Waals surface area (Å²) in [6.45, 7) is 0. The Morgan fingerprint density at radius 3 is 2.61 bits per heavy atom. The predicted molar refractivity (Wildman–Crippen MR) is 92.0 cm³/mol. The minimum Gasteiger partial charge on any atom is -0.417 e. The molecule has 0 saturated carbocycles. The largest absolute Gasteiger partial charge is 0.417 e. The number of hydrogen-bond acceptors (Lipinski definition) is 5. The molecule has 0 bridgehead atoms. The molecule has 0 fully saturated rings. The third kappa shape index (κ3) is 3.47. The van der Waals surface area contributed by atoms with Gasteiger partial charge in [0.25, 0.3) is 5.88 Å². The second-order valence-corrected chi connectivity index (χ2v) is 5.42. The fourth-order valence-corrected chi connectivity index (χ4v) is 2.30. The van der Waals surface area contributed by atoms with E-state index < -0.39 is 0 Å². The van der Waals surface area contributed by atoms with Crippen LogP contribution in [0.2, 0.25) is 0 Å². The monoisotopic (exact) mass is 366 g/mol. The van der Waals surface area contributed by atoms with E-state index in [0.717, 1.165) is 15.6 Å². The summed E-state index contributed by atoms with van der Waals surface area (Å²) in [6.07, 6.45) is 1.63. The molecule has 0 radical (unpaired) electrons. The Bertz CT molecular complexity index is 881. The van der Waals surface area contributed by atoms with E-state index in [4.69, 9.17) is 9.68 Å². The van der Waals surface area contributed by atoms with Gasteiger partial charge in [0.2, 0.25) is 11.6 Å². The van der Waals surface area contributed by atoms with Gasteiger partial charge in [0.1, 0.15) is 6.07 Å². The van der Waals surface area contributed by atoms with Crippen molar-refractivity contribution in [3.05, 3.63) is 70.3 Å². The molecule has 0 saturated heterocycles. The maximum absolute atomic E-state index is 9.17. The number of nitriles is 1. The van der Waals surface area contributed by atoms with E-state index in [-0.39, 0.29) is 11.6 Å². The second kappa shape index (κ2) is 6.90. The Kier molecular flexibility index (Phi) is 4.50. The number of benzene rings is 2. The van der Waals surface area contributed by atoms with Crippen molar-refractivity contribution >= 4 is 28.0 Å². The summed E-state index contributed by atoms with van der Waals surface area (Å²) in [5, 5.41) is 13.3. The molecule has 0 unspecified atom stereocenters. The summed E-state index contributed by atoms with van der Waals surface area (Å²) < 4.78 is 6.51. The lowest BCUT2D eigenvalue weighted by atomic mass is 10.2. The van der Waals surface area contributed by atoms with E-state index in [1.54, 1.807) is 6.21 Å². The highest BCUT2D eigenvalue weighted by Gasteiger charge is 2.13. The molecule has 0 amide bonds. The molecule has 0 aliphatic carbocycles. The van der Waals surface area contributed by atoms with Crippen molar-refractivity contribution in [3.63, 3.8) is 0 Å². The summed E-state index contributed by atoms with van der Waals surface area (Å²) in [4.78, 5) is 4.17. The van der Waals surface area contributed by atoms with Crippen LogP contribution in [0.3, 0.4) is 0 Å². The number of halogens is 1. The molecule has 0 aliphatic heterocycles. The average molecular weight is 367 g/mol. The number of nitrogens with zero attached hydrogens (tertiary/aromatic N) is 3. The molecule has 3 rings (SSSR count). The first-order valence-electron chi connectivity index (χ1n) is 6.78.